The average Bonchev–Trinajstić information content (AvgIpc) is 2.91. The lowest BCUT2D eigenvalue weighted by Crippen LogP contribution is -2.15. The summed E-state index contributed by atoms with van der Waals surface area (Å²) in [5, 5.41) is 4.89. The number of benzene rings is 1. The Balaban J connectivity index is 1.89. The van der Waals surface area contributed by atoms with Crippen LogP contribution in [0.25, 0.3) is 10.9 Å². The summed E-state index contributed by atoms with van der Waals surface area (Å²) >= 11 is 0. The van der Waals surface area contributed by atoms with Crippen LogP contribution in [0.4, 0.5) is 0 Å². The quantitative estimate of drug-likeness (QED) is 0.757. The number of aromatic amines is 1. The van der Waals surface area contributed by atoms with E-state index in [1.807, 2.05) is 6.20 Å². The maximum absolute atomic E-state index is 3.54. The Kier molecular flexibility index (Phi) is 1.81. The second-order valence-corrected chi connectivity index (χ2v) is 4.01. The molecule has 2 aromatic rings. The highest BCUT2D eigenvalue weighted by Gasteiger charge is 2.20. The third kappa shape index (κ3) is 1.42. The molecule has 1 aromatic heterocycles. The Labute approximate surface area is 83.3 Å². The van der Waals surface area contributed by atoms with E-state index in [1.165, 1.54) is 29.3 Å². The van der Waals surface area contributed by atoms with Crippen LogP contribution in [0.1, 0.15) is 18.4 Å². The van der Waals surface area contributed by atoms with Gasteiger partial charge in [0.2, 0.25) is 0 Å². The van der Waals surface area contributed by atoms with Crippen LogP contribution in [0, 0.1) is 0 Å². The molecule has 2 heteroatoms. The van der Waals surface area contributed by atoms with Crippen LogP contribution < -0.4 is 5.32 Å². The molecule has 0 atom stereocenters. The third-order valence-corrected chi connectivity index (χ3v) is 2.84. The summed E-state index contributed by atoms with van der Waals surface area (Å²) in [5.74, 6) is 0. The molecule has 1 saturated carbocycles. The molecular formula is C12H14N2. The largest absolute Gasteiger partial charge is 0.361 e. The molecule has 0 radical (unpaired) electrons. The van der Waals surface area contributed by atoms with Gasteiger partial charge in [-0.3, -0.25) is 0 Å². The molecule has 14 heavy (non-hydrogen) atoms. The number of H-pyrrole nitrogens is 1. The minimum absolute atomic E-state index is 0.782. The summed E-state index contributed by atoms with van der Waals surface area (Å²) in [6.45, 7) is 1.000. The van der Waals surface area contributed by atoms with Gasteiger partial charge < -0.3 is 10.3 Å². The SMILES string of the molecule is c1cc(CNC2CC2)c2cc[nH]c2c1. The molecule has 72 valence electrons. The Morgan fingerprint density at radius 3 is 3.07 bits per heavy atom. The van der Waals surface area contributed by atoms with E-state index in [-0.39, 0.29) is 0 Å². The van der Waals surface area contributed by atoms with Crippen molar-refractivity contribution < 1.29 is 0 Å². The molecule has 1 aliphatic carbocycles. The van der Waals surface area contributed by atoms with Crippen LogP contribution in [-0.4, -0.2) is 11.0 Å². The van der Waals surface area contributed by atoms with Crippen molar-refractivity contribution in [3.63, 3.8) is 0 Å². The fourth-order valence-electron chi connectivity index (χ4n) is 1.85. The summed E-state index contributed by atoms with van der Waals surface area (Å²) < 4.78 is 0. The number of hydrogen-bond donors (Lipinski definition) is 2. The lowest BCUT2D eigenvalue weighted by atomic mass is 10.1. The van der Waals surface area contributed by atoms with Crippen molar-refractivity contribution in [2.75, 3.05) is 0 Å². The van der Waals surface area contributed by atoms with Crippen molar-refractivity contribution in [1.29, 1.82) is 0 Å². The molecule has 2 nitrogen and oxygen atoms in total. The van der Waals surface area contributed by atoms with Gasteiger partial charge in [0, 0.05) is 29.7 Å². The van der Waals surface area contributed by atoms with E-state index in [1.54, 1.807) is 0 Å². The minimum Gasteiger partial charge on any atom is -0.361 e. The van der Waals surface area contributed by atoms with Gasteiger partial charge in [0.25, 0.3) is 0 Å². The van der Waals surface area contributed by atoms with E-state index in [9.17, 15) is 0 Å². The first-order chi connectivity index (χ1) is 6.93. The zero-order valence-electron chi connectivity index (χ0n) is 8.09. The van der Waals surface area contributed by atoms with E-state index in [0.29, 0.717) is 0 Å². The van der Waals surface area contributed by atoms with E-state index in [2.05, 4.69) is 34.6 Å². The maximum Gasteiger partial charge on any atom is 0.0457 e. The van der Waals surface area contributed by atoms with Crippen LogP contribution in [0.15, 0.2) is 30.5 Å². The van der Waals surface area contributed by atoms with Gasteiger partial charge in [0.1, 0.15) is 0 Å². The Morgan fingerprint density at radius 1 is 1.29 bits per heavy atom. The van der Waals surface area contributed by atoms with Gasteiger partial charge >= 0.3 is 0 Å². The molecule has 1 heterocycles. The molecule has 0 aliphatic heterocycles. The van der Waals surface area contributed by atoms with Crippen LogP contribution in [0.2, 0.25) is 0 Å². The molecule has 3 rings (SSSR count). The molecule has 0 amide bonds. The zero-order valence-corrected chi connectivity index (χ0v) is 8.09. The molecule has 1 aliphatic rings. The smallest absolute Gasteiger partial charge is 0.0457 e. The van der Waals surface area contributed by atoms with E-state index < -0.39 is 0 Å². The molecule has 0 spiro atoms. The summed E-state index contributed by atoms with van der Waals surface area (Å²) in [7, 11) is 0. The van der Waals surface area contributed by atoms with Gasteiger partial charge in [-0.15, -0.1) is 0 Å². The molecular weight excluding hydrogens is 172 g/mol. The summed E-state index contributed by atoms with van der Waals surface area (Å²) in [6.07, 6.45) is 4.71. The van der Waals surface area contributed by atoms with Crippen molar-refractivity contribution in [2.45, 2.75) is 25.4 Å². The van der Waals surface area contributed by atoms with Crippen LogP contribution in [0.5, 0.6) is 0 Å². The van der Waals surface area contributed by atoms with Gasteiger partial charge in [0.15, 0.2) is 0 Å². The first kappa shape index (κ1) is 8.06. The highest BCUT2D eigenvalue weighted by Crippen LogP contribution is 2.21. The van der Waals surface area contributed by atoms with Crippen LogP contribution in [0.3, 0.4) is 0 Å². The summed E-state index contributed by atoms with van der Waals surface area (Å²) in [4.78, 5) is 3.24. The van der Waals surface area contributed by atoms with Crippen molar-refractivity contribution in [3.8, 4) is 0 Å². The van der Waals surface area contributed by atoms with Crippen molar-refractivity contribution in [1.82, 2.24) is 10.3 Å². The first-order valence-electron chi connectivity index (χ1n) is 5.22. The Hall–Kier alpha value is -1.28. The number of rotatable bonds is 3. The van der Waals surface area contributed by atoms with Crippen molar-refractivity contribution in [3.05, 3.63) is 36.0 Å². The predicted molar refractivity (Wildman–Crippen MR) is 58.2 cm³/mol. The average molecular weight is 186 g/mol. The normalized spacial score (nSPS) is 16.3. The molecule has 2 N–H and O–H groups in total. The second-order valence-electron chi connectivity index (χ2n) is 4.01. The fourth-order valence-corrected chi connectivity index (χ4v) is 1.85. The van der Waals surface area contributed by atoms with Crippen molar-refractivity contribution >= 4 is 10.9 Å². The highest BCUT2D eigenvalue weighted by atomic mass is 14.9. The first-order valence-corrected chi connectivity index (χ1v) is 5.22. The molecule has 1 fully saturated rings. The van der Waals surface area contributed by atoms with E-state index >= 15 is 0 Å². The van der Waals surface area contributed by atoms with Crippen LogP contribution >= 0.6 is 0 Å². The third-order valence-electron chi connectivity index (χ3n) is 2.84. The second kappa shape index (κ2) is 3.14. The monoisotopic (exact) mass is 186 g/mol. The van der Waals surface area contributed by atoms with Crippen LogP contribution in [-0.2, 0) is 6.54 Å². The summed E-state index contributed by atoms with van der Waals surface area (Å²) in [6, 6.07) is 9.37. The minimum atomic E-state index is 0.782. The van der Waals surface area contributed by atoms with Gasteiger partial charge in [-0.05, 0) is 30.5 Å². The summed E-state index contributed by atoms with van der Waals surface area (Å²) in [5.41, 5.74) is 2.63. The predicted octanol–water partition coefficient (Wildman–Crippen LogP) is 2.42. The highest BCUT2D eigenvalue weighted by molar-refractivity contribution is 5.82. The number of hydrogen-bond acceptors (Lipinski definition) is 1. The van der Waals surface area contributed by atoms with Gasteiger partial charge in [-0.1, -0.05) is 12.1 Å². The molecule has 0 saturated heterocycles. The standard InChI is InChI=1S/C12H14N2/c1-2-9(8-14-10-4-5-10)11-6-7-13-12(11)3-1/h1-3,6-7,10,13-14H,4-5,8H2. The van der Waals surface area contributed by atoms with E-state index in [4.69, 9.17) is 0 Å². The zero-order chi connectivity index (χ0) is 9.38. The molecule has 0 unspecified atom stereocenters. The van der Waals surface area contributed by atoms with Gasteiger partial charge in [0.05, 0.1) is 0 Å². The Morgan fingerprint density at radius 2 is 2.21 bits per heavy atom. The maximum atomic E-state index is 3.54. The lowest BCUT2D eigenvalue weighted by Gasteiger charge is -2.04. The van der Waals surface area contributed by atoms with Gasteiger partial charge in [-0.2, -0.15) is 0 Å². The lowest BCUT2D eigenvalue weighted by molar-refractivity contribution is 0.691. The van der Waals surface area contributed by atoms with E-state index in [0.717, 1.165) is 12.6 Å². The fraction of sp³-hybridized carbons (Fsp3) is 0.333. The Bertz CT molecular complexity index is 440. The number of fused-ring (bicyclic) bond motifs is 1. The van der Waals surface area contributed by atoms with Gasteiger partial charge in [-0.25, -0.2) is 0 Å². The number of nitrogens with one attached hydrogen (secondary N) is 2. The number of aromatic nitrogens is 1. The molecule has 1 aromatic carbocycles. The topological polar surface area (TPSA) is 27.8 Å². The molecule has 0 bridgehead atoms. The van der Waals surface area contributed by atoms with Crippen molar-refractivity contribution in [2.24, 2.45) is 0 Å².